The number of benzene rings is 3. The molecule has 1 aliphatic heterocycles. The van der Waals surface area contributed by atoms with Crippen molar-refractivity contribution < 1.29 is 13.9 Å². The van der Waals surface area contributed by atoms with Gasteiger partial charge in [-0.3, -0.25) is 4.79 Å². The van der Waals surface area contributed by atoms with Crippen molar-refractivity contribution in [3.05, 3.63) is 93.2 Å². The van der Waals surface area contributed by atoms with Crippen LogP contribution in [0, 0.1) is 5.82 Å². The van der Waals surface area contributed by atoms with Gasteiger partial charge in [-0.05, 0) is 48.0 Å². The molecule has 1 aliphatic rings. The minimum Gasteiger partial charge on any atom is -0.489 e. The molecule has 0 unspecified atom stereocenters. The Bertz CT molecular complexity index is 1090. The molecule has 6 heteroatoms. The molecular weight excluding hydrogens is 400 g/mol. The lowest BCUT2D eigenvalue weighted by molar-refractivity contribution is -0.110. The molecule has 0 fully saturated rings. The maximum Gasteiger partial charge on any atom is 0.256 e. The van der Waals surface area contributed by atoms with Crippen LogP contribution in [-0.2, 0) is 11.4 Å². The summed E-state index contributed by atoms with van der Waals surface area (Å²) >= 11 is 12.0. The zero-order valence-corrected chi connectivity index (χ0v) is 16.0. The van der Waals surface area contributed by atoms with Gasteiger partial charge in [-0.25, -0.2) is 4.39 Å². The molecule has 0 saturated carbocycles. The zero-order chi connectivity index (χ0) is 19.7. The monoisotopic (exact) mass is 413 g/mol. The second kappa shape index (κ2) is 7.66. The number of anilines is 1. The van der Waals surface area contributed by atoms with Crippen molar-refractivity contribution in [2.45, 2.75) is 6.61 Å². The summed E-state index contributed by atoms with van der Waals surface area (Å²) in [6.07, 6.45) is 1.78. The normalized spacial score (nSPS) is 14.1. The number of rotatable bonds is 4. The molecule has 0 saturated heterocycles. The first-order chi connectivity index (χ1) is 13.5. The third-order valence-corrected chi connectivity index (χ3v) is 4.97. The Balaban J connectivity index is 1.58. The minimum atomic E-state index is -0.413. The smallest absolute Gasteiger partial charge is 0.256 e. The van der Waals surface area contributed by atoms with Crippen LogP contribution in [0.5, 0.6) is 5.75 Å². The van der Waals surface area contributed by atoms with E-state index in [9.17, 15) is 9.18 Å². The summed E-state index contributed by atoms with van der Waals surface area (Å²) in [4.78, 5) is 12.3. The van der Waals surface area contributed by atoms with Crippen LogP contribution in [0.1, 0.15) is 16.7 Å². The van der Waals surface area contributed by atoms with E-state index in [1.165, 1.54) is 6.07 Å². The maximum absolute atomic E-state index is 13.9. The van der Waals surface area contributed by atoms with Crippen LogP contribution in [0.25, 0.3) is 11.6 Å². The SMILES string of the molecule is O=C1Nc2cc(Cl)ccc2/C1=C\c1cccc(OCc2c(F)cccc2Cl)c1. The minimum absolute atomic E-state index is 0.00729. The first-order valence-electron chi connectivity index (χ1n) is 8.50. The number of carbonyl (C=O) groups excluding carboxylic acids is 1. The van der Waals surface area contributed by atoms with Crippen molar-refractivity contribution in [3.63, 3.8) is 0 Å². The fourth-order valence-corrected chi connectivity index (χ4v) is 3.39. The molecular formula is C22H14Cl2FNO2. The van der Waals surface area contributed by atoms with E-state index in [-0.39, 0.29) is 12.5 Å². The van der Waals surface area contributed by atoms with Crippen molar-refractivity contribution in [2.75, 3.05) is 5.32 Å². The quantitative estimate of drug-likeness (QED) is 0.516. The van der Waals surface area contributed by atoms with Crippen molar-refractivity contribution in [3.8, 4) is 5.75 Å². The van der Waals surface area contributed by atoms with E-state index in [1.807, 2.05) is 12.1 Å². The molecule has 1 N–H and O–H groups in total. The van der Waals surface area contributed by atoms with Gasteiger partial charge >= 0.3 is 0 Å². The van der Waals surface area contributed by atoms with Gasteiger partial charge < -0.3 is 10.1 Å². The topological polar surface area (TPSA) is 38.3 Å². The van der Waals surface area contributed by atoms with Gasteiger partial charge in [-0.15, -0.1) is 0 Å². The molecule has 3 aromatic rings. The third kappa shape index (κ3) is 3.75. The molecule has 3 nitrogen and oxygen atoms in total. The predicted molar refractivity (Wildman–Crippen MR) is 110 cm³/mol. The Kier molecular flexibility index (Phi) is 5.07. The zero-order valence-electron chi connectivity index (χ0n) is 14.5. The van der Waals surface area contributed by atoms with Crippen LogP contribution < -0.4 is 10.1 Å². The molecule has 0 bridgehead atoms. The number of hydrogen-bond donors (Lipinski definition) is 1. The number of carbonyl (C=O) groups is 1. The van der Waals surface area contributed by atoms with E-state index < -0.39 is 5.82 Å². The predicted octanol–water partition coefficient (Wildman–Crippen LogP) is 6.20. The molecule has 0 spiro atoms. The molecule has 4 rings (SSSR count). The molecule has 0 atom stereocenters. The maximum atomic E-state index is 13.9. The van der Waals surface area contributed by atoms with Crippen molar-refractivity contribution >= 4 is 46.4 Å². The van der Waals surface area contributed by atoms with Gasteiger partial charge in [0, 0.05) is 21.7 Å². The molecule has 3 aromatic carbocycles. The lowest BCUT2D eigenvalue weighted by Gasteiger charge is -2.09. The van der Waals surface area contributed by atoms with Gasteiger partial charge in [0.15, 0.2) is 0 Å². The van der Waals surface area contributed by atoms with Crippen LogP contribution in [-0.4, -0.2) is 5.91 Å². The Labute approximate surface area is 171 Å². The first kappa shape index (κ1) is 18.5. The van der Waals surface area contributed by atoms with Crippen LogP contribution in [0.2, 0.25) is 10.0 Å². The lowest BCUT2D eigenvalue weighted by Crippen LogP contribution is -2.03. The van der Waals surface area contributed by atoms with E-state index in [0.717, 1.165) is 11.1 Å². The Hall–Kier alpha value is -2.82. The number of ether oxygens (including phenoxy) is 1. The summed E-state index contributed by atoms with van der Waals surface area (Å²) < 4.78 is 19.6. The van der Waals surface area contributed by atoms with Crippen molar-refractivity contribution in [1.82, 2.24) is 0 Å². The van der Waals surface area contributed by atoms with E-state index in [2.05, 4.69) is 5.32 Å². The summed E-state index contributed by atoms with van der Waals surface area (Å²) in [6, 6.07) is 17.0. The highest BCUT2D eigenvalue weighted by molar-refractivity contribution is 6.36. The van der Waals surface area contributed by atoms with Gasteiger partial charge in [-0.1, -0.05) is 47.5 Å². The van der Waals surface area contributed by atoms with Gasteiger partial charge in [0.1, 0.15) is 18.2 Å². The fraction of sp³-hybridized carbons (Fsp3) is 0.0455. The fourth-order valence-electron chi connectivity index (χ4n) is 3.00. The average molecular weight is 414 g/mol. The van der Waals surface area contributed by atoms with Crippen LogP contribution in [0.15, 0.2) is 60.7 Å². The van der Waals surface area contributed by atoms with Gasteiger partial charge in [0.2, 0.25) is 0 Å². The van der Waals surface area contributed by atoms with E-state index in [0.29, 0.717) is 32.6 Å². The van der Waals surface area contributed by atoms with Crippen LogP contribution >= 0.6 is 23.2 Å². The summed E-state index contributed by atoms with van der Waals surface area (Å²) in [7, 11) is 0. The van der Waals surface area contributed by atoms with E-state index in [4.69, 9.17) is 27.9 Å². The first-order valence-corrected chi connectivity index (χ1v) is 9.25. The van der Waals surface area contributed by atoms with Gasteiger partial charge in [0.05, 0.1) is 10.7 Å². The molecule has 28 heavy (non-hydrogen) atoms. The molecule has 140 valence electrons. The molecule has 0 aromatic heterocycles. The summed E-state index contributed by atoms with van der Waals surface area (Å²) in [6.45, 7) is 0.00729. The highest BCUT2D eigenvalue weighted by Crippen LogP contribution is 2.35. The summed E-state index contributed by atoms with van der Waals surface area (Å²) in [5.41, 5.74) is 3.10. The van der Waals surface area contributed by atoms with Gasteiger partial charge in [0.25, 0.3) is 5.91 Å². The second-order valence-electron chi connectivity index (χ2n) is 6.26. The standard InChI is InChI=1S/C22H14Cl2FNO2/c23-14-7-8-16-17(22(27)26-21(16)11-14)10-13-3-1-4-15(9-13)28-12-18-19(24)5-2-6-20(18)25/h1-11H,12H2,(H,26,27)/b17-10+. The van der Waals surface area contributed by atoms with Crippen molar-refractivity contribution in [2.24, 2.45) is 0 Å². The van der Waals surface area contributed by atoms with Gasteiger partial charge in [-0.2, -0.15) is 0 Å². The highest BCUT2D eigenvalue weighted by Gasteiger charge is 2.24. The Morgan fingerprint density at radius 1 is 1.04 bits per heavy atom. The number of hydrogen-bond acceptors (Lipinski definition) is 2. The number of amides is 1. The highest BCUT2D eigenvalue weighted by atomic mass is 35.5. The van der Waals surface area contributed by atoms with Crippen LogP contribution in [0.3, 0.4) is 0 Å². The summed E-state index contributed by atoms with van der Waals surface area (Å²) in [5, 5.41) is 3.68. The largest absolute Gasteiger partial charge is 0.489 e. The number of nitrogens with one attached hydrogen (secondary N) is 1. The molecule has 1 amide bonds. The molecule has 0 aliphatic carbocycles. The second-order valence-corrected chi connectivity index (χ2v) is 7.11. The Morgan fingerprint density at radius 2 is 1.86 bits per heavy atom. The van der Waals surface area contributed by atoms with E-state index in [1.54, 1.807) is 48.5 Å². The average Bonchev–Trinajstić information content (AvgIpc) is 2.96. The van der Waals surface area contributed by atoms with Crippen LogP contribution in [0.4, 0.5) is 10.1 Å². The molecule has 1 heterocycles. The molecule has 0 radical (unpaired) electrons. The lowest BCUT2D eigenvalue weighted by atomic mass is 10.0. The Morgan fingerprint density at radius 3 is 2.68 bits per heavy atom. The third-order valence-electron chi connectivity index (χ3n) is 4.38. The van der Waals surface area contributed by atoms with E-state index >= 15 is 0 Å². The number of halogens is 3. The summed E-state index contributed by atoms with van der Waals surface area (Å²) in [5.74, 6) is -0.0613. The van der Waals surface area contributed by atoms with Crippen molar-refractivity contribution in [1.29, 1.82) is 0 Å². The number of fused-ring (bicyclic) bond motifs is 1.